The van der Waals surface area contributed by atoms with E-state index in [2.05, 4.69) is 11.6 Å². The molecule has 1 aliphatic carbocycles. The van der Waals surface area contributed by atoms with E-state index in [0.717, 1.165) is 12.8 Å². The molecule has 110 valence electrons. The summed E-state index contributed by atoms with van der Waals surface area (Å²) in [5, 5.41) is 3.00. The number of carbonyl (C=O) groups excluding carboxylic acids is 1. The number of amides is 1. The molecule has 1 aromatic rings. The second-order valence-electron chi connectivity index (χ2n) is 5.50. The number of nitrogens with one attached hydrogen (secondary N) is 1. The van der Waals surface area contributed by atoms with Gasteiger partial charge in [0.1, 0.15) is 0 Å². The highest BCUT2D eigenvalue weighted by Gasteiger charge is 2.31. The van der Waals surface area contributed by atoms with Crippen molar-refractivity contribution < 1.29 is 4.79 Å². The Hall–Kier alpha value is -1.23. The van der Waals surface area contributed by atoms with Crippen molar-refractivity contribution in [1.29, 1.82) is 0 Å². The number of aryl methyl sites for hydroxylation is 1. The van der Waals surface area contributed by atoms with Crippen LogP contribution in [-0.2, 0) is 7.05 Å². The van der Waals surface area contributed by atoms with E-state index in [9.17, 15) is 9.59 Å². The summed E-state index contributed by atoms with van der Waals surface area (Å²) in [4.78, 5) is 23.7. The summed E-state index contributed by atoms with van der Waals surface area (Å²) in [5.74, 6) is -0.151. The number of carbonyl (C=O) groups is 1. The predicted molar refractivity (Wildman–Crippen MR) is 83.3 cm³/mol. The van der Waals surface area contributed by atoms with Gasteiger partial charge in [-0.05, 0) is 25.2 Å². The fourth-order valence-corrected chi connectivity index (χ4v) is 3.60. The highest BCUT2D eigenvalue weighted by Crippen LogP contribution is 2.37. The second-order valence-corrected chi connectivity index (χ2v) is 6.77. The molecule has 1 saturated carbocycles. The van der Waals surface area contributed by atoms with Crippen LogP contribution in [0, 0.1) is 0 Å². The minimum absolute atomic E-state index is 0.151. The van der Waals surface area contributed by atoms with Crippen LogP contribution in [0.1, 0.15) is 42.5 Å². The van der Waals surface area contributed by atoms with Crippen LogP contribution in [0.3, 0.4) is 0 Å². The molecule has 1 amide bonds. The maximum absolute atomic E-state index is 12.1. The number of hydrogen-bond donors (Lipinski definition) is 1. The van der Waals surface area contributed by atoms with Crippen LogP contribution in [0.4, 0.5) is 0 Å². The van der Waals surface area contributed by atoms with Crippen molar-refractivity contribution in [2.45, 2.75) is 36.9 Å². The van der Waals surface area contributed by atoms with Crippen LogP contribution in [0.5, 0.6) is 0 Å². The van der Waals surface area contributed by atoms with Crippen molar-refractivity contribution >= 4 is 17.7 Å². The molecule has 0 saturated heterocycles. The van der Waals surface area contributed by atoms with Crippen molar-refractivity contribution in [1.82, 2.24) is 9.88 Å². The van der Waals surface area contributed by atoms with E-state index < -0.39 is 0 Å². The van der Waals surface area contributed by atoms with E-state index >= 15 is 0 Å². The van der Waals surface area contributed by atoms with Crippen LogP contribution < -0.4 is 10.9 Å². The standard InChI is InChI=1S/C15H22N2O2S/c1-17-9-6-12(10-13(17)18)14(19)16-11-15(20-2)7-4-3-5-8-15/h6,9-10H,3-5,7-8,11H2,1-2H3,(H,16,19). The Balaban J connectivity index is 2.00. The summed E-state index contributed by atoms with van der Waals surface area (Å²) < 4.78 is 1.63. The molecule has 1 aromatic heterocycles. The first kappa shape index (κ1) is 15.2. The molecule has 0 radical (unpaired) electrons. The lowest BCUT2D eigenvalue weighted by atomic mass is 9.88. The molecule has 0 unspecified atom stereocenters. The third-order valence-corrected chi connectivity index (χ3v) is 5.55. The van der Waals surface area contributed by atoms with Gasteiger partial charge < -0.3 is 9.88 Å². The zero-order valence-electron chi connectivity index (χ0n) is 12.1. The van der Waals surface area contributed by atoms with Crippen LogP contribution in [-0.4, -0.2) is 28.0 Å². The van der Waals surface area contributed by atoms with Crippen molar-refractivity contribution in [3.8, 4) is 0 Å². The molecule has 1 aliphatic rings. The van der Waals surface area contributed by atoms with Gasteiger partial charge in [0.25, 0.3) is 11.5 Å². The molecule has 1 N–H and O–H groups in total. The maximum Gasteiger partial charge on any atom is 0.251 e. The number of thioether (sulfide) groups is 1. The average molecular weight is 294 g/mol. The Kier molecular flexibility index (Phi) is 4.91. The number of rotatable bonds is 4. The second kappa shape index (κ2) is 6.48. The van der Waals surface area contributed by atoms with Gasteiger partial charge in [-0.25, -0.2) is 0 Å². The van der Waals surface area contributed by atoms with E-state index in [1.807, 2.05) is 11.8 Å². The summed E-state index contributed by atoms with van der Waals surface area (Å²) in [5.41, 5.74) is 0.287. The molecule has 1 fully saturated rings. The van der Waals surface area contributed by atoms with Gasteiger partial charge in [-0.3, -0.25) is 9.59 Å². The van der Waals surface area contributed by atoms with Gasteiger partial charge >= 0.3 is 0 Å². The zero-order valence-corrected chi connectivity index (χ0v) is 13.0. The molecule has 0 atom stereocenters. The summed E-state index contributed by atoms with van der Waals surface area (Å²) >= 11 is 1.86. The van der Waals surface area contributed by atoms with Gasteiger partial charge in [0.2, 0.25) is 0 Å². The average Bonchev–Trinajstić information content (AvgIpc) is 2.48. The number of pyridine rings is 1. The van der Waals surface area contributed by atoms with Crippen molar-refractivity contribution in [3.63, 3.8) is 0 Å². The molecule has 0 aliphatic heterocycles. The maximum atomic E-state index is 12.1. The largest absolute Gasteiger partial charge is 0.351 e. The van der Waals surface area contributed by atoms with Crippen LogP contribution in [0.2, 0.25) is 0 Å². The molecule has 20 heavy (non-hydrogen) atoms. The third kappa shape index (κ3) is 3.45. The normalized spacial score (nSPS) is 17.7. The Labute approximate surface area is 124 Å². The summed E-state index contributed by atoms with van der Waals surface area (Å²) in [6, 6.07) is 3.07. The highest BCUT2D eigenvalue weighted by molar-refractivity contribution is 8.00. The van der Waals surface area contributed by atoms with Crippen LogP contribution >= 0.6 is 11.8 Å². The Morgan fingerprint density at radius 3 is 2.70 bits per heavy atom. The fourth-order valence-electron chi connectivity index (χ4n) is 2.68. The Bertz CT molecular complexity index is 533. The van der Waals surface area contributed by atoms with Gasteiger partial charge in [0, 0.05) is 36.2 Å². The van der Waals surface area contributed by atoms with Gasteiger partial charge in [-0.1, -0.05) is 19.3 Å². The summed E-state index contributed by atoms with van der Waals surface area (Å²) in [6.45, 7) is 0.683. The van der Waals surface area contributed by atoms with E-state index in [-0.39, 0.29) is 16.2 Å². The zero-order chi connectivity index (χ0) is 14.6. The molecule has 0 spiro atoms. The molecule has 4 nitrogen and oxygen atoms in total. The van der Waals surface area contributed by atoms with Gasteiger partial charge in [-0.2, -0.15) is 11.8 Å². The minimum Gasteiger partial charge on any atom is -0.351 e. The quantitative estimate of drug-likeness (QED) is 0.926. The van der Waals surface area contributed by atoms with Gasteiger partial charge in [-0.15, -0.1) is 0 Å². The molecular formula is C15H22N2O2S. The number of nitrogens with zero attached hydrogens (tertiary/aromatic N) is 1. The number of hydrogen-bond acceptors (Lipinski definition) is 3. The first-order valence-electron chi connectivity index (χ1n) is 7.06. The lowest BCUT2D eigenvalue weighted by Gasteiger charge is -2.35. The molecule has 5 heteroatoms. The van der Waals surface area contributed by atoms with E-state index in [0.29, 0.717) is 12.1 Å². The lowest BCUT2D eigenvalue weighted by molar-refractivity contribution is 0.0946. The SMILES string of the molecule is CSC1(CNC(=O)c2ccn(C)c(=O)c2)CCCCC1. The van der Waals surface area contributed by atoms with Crippen molar-refractivity contribution in [3.05, 3.63) is 34.2 Å². The van der Waals surface area contributed by atoms with E-state index in [1.54, 1.807) is 19.3 Å². The summed E-state index contributed by atoms with van der Waals surface area (Å²) in [6.07, 6.45) is 9.84. The first-order valence-corrected chi connectivity index (χ1v) is 8.29. The molecule has 2 rings (SSSR count). The van der Waals surface area contributed by atoms with Crippen LogP contribution in [0.25, 0.3) is 0 Å². The van der Waals surface area contributed by atoms with Crippen molar-refractivity contribution in [2.24, 2.45) is 7.05 Å². The minimum atomic E-state index is -0.158. The van der Waals surface area contributed by atoms with Crippen molar-refractivity contribution in [2.75, 3.05) is 12.8 Å². The highest BCUT2D eigenvalue weighted by atomic mass is 32.2. The topological polar surface area (TPSA) is 51.1 Å². The smallest absolute Gasteiger partial charge is 0.251 e. The lowest BCUT2D eigenvalue weighted by Crippen LogP contribution is -2.42. The molecule has 1 heterocycles. The van der Waals surface area contributed by atoms with Gasteiger partial charge in [0.15, 0.2) is 0 Å². The molecular weight excluding hydrogens is 272 g/mol. The predicted octanol–water partition coefficient (Wildman–Crippen LogP) is 2.18. The number of aromatic nitrogens is 1. The Morgan fingerprint density at radius 2 is 2.10 bits per heavy atom. The third-order valence-electron chi connectivity index (χ3n) is 4.14. The first-order chi connectivity index (χ1) is 9.56. The van der Waals surface area contributed by atoms with Crippen LogP contribution in [0.15, 0.2) is 23.1 Å². The monoisotopic (exact) mass is 294 g/mol. The Morgan fingerprint density at radius 1 is 1.40 bits per heavy atom. The fraction of sp³-hybridized carbons (Fsp3) is 0.600. The van der Waals surface area contributed by atoms with E-state index in [1.165, 1.54) is 29.9 Å². The summed E-state index contributed by atoms with van der Waals surface area (Å²) in [7, 11) is 1.68. The molecule has 0 bridgehead atoms. The molecule has 0 aromatic carbocycles. The van der Waals surface area contributed by atoms with E-state index in [4.69, 9.17) is 0 Å². The van der Waals surface area contributed by atoms with Gasteiger partial charge in [0.05, 0.1) is 0 Å².